The summed E-state index contributed by atoms with van der Waals surface area (Å²) in [5, 5.41) is 0. The molecule has 0 N–H and O–H groups in total. The minimum absolute atomic E-state index is 0.0810. The van der Waals surface area contributed by atoms with Crippen molar-refractivity contribution in [3.63, 3.8) is 0 Å². The molecule has 0 bridgehead atoms. The van der Waals surface area contributed by atoms with Gasteiger partial charge in [-0.1, -0.05) is 34.1 Å². The van der Waals surface area contributed by atoms with Gasteiger partial charge in [0.15, 0.2) is 0 Å². The lowest BCUT2D eigenvalue weighted by Gasteiger charge is -2.26. The first-order valence-electron chi connectivity index (χ1n) is 8.06. The Hall–Kier alpha value is -1.74. The third-order valence-electron chi connectivity index (χ3n) is 3.96. The molecule has 0 unspecified atom stereocenters. The van der Waals surface area contributed by atoms with Crippen LogP contribution in [0.3, 0.4) is 0 Å². The summed E-state index contributed by atoms with van der Waals surface area (Å²) in [7, 11) is -3.65. The zero-order chi connectivity index (χ0) is 18.6. The number of sulfonamides is 1. The van der Waals surface area contributed by atoms with Crippen LogP contribution in [0.4, 0.5) is 0 Å². The molecule has 0 aromatic heterocycles. The van der Waals surface area contributed by atoms with Gasteiger partial charge in [0.2, 0.25) is 10.0 Å². The van der Waals surface area contributed by atoms with Crippen molar-refractivity contribution < 1.29 is 22.7 Å². The number of benzene rings is 2. The smallest absolute Gasteiger partial charge is 0.338 e. The summed E-state index contributed by atoms with van der Waals surface area (Å²) in [5.41, 5.74) is 1.05. The molecule has 3 rings (SSSR count). The maximum atomic E-state index is 12.7. The SMILES string of the molecule is O=C(OCc1ccc(Br)cc1)c1cccc(S(=O)(=O)N2CCOCC2)c1. The lowest BCUT2D eigenvalue weighted by molar-refractivity contribution is 0.0472. The van der Waals surface area contributed by atoms with Gasteiger partial charge in [-0.2, -0.15) is 4.31 Å². The van der Waals surface area contributed by atoms with E-state index in [2.05, 4.69) is 15.9 Å². The van der Waals surface area contributed by atoms with E-state index in [0.29, 0.717) is 26.3 Å². The molecule has 0 spiro atoms. The first kappa shape index (κ1) is 19.0. The van der Waals surface area contributed by atoms with Crippen LogP contribution in [0, 0.1) is 0 Å². The Kier molecular flexibility index (Phi) is 6.08. The van der Waals surface area contributed by atoms with E-state index in [1.165, 1.54) is 16.4 Å². The third-order valence-corrected chi connectivity index (χ3v) is 6.38. The first-order chi connectivity index (χ1) is 12.5. The highest BCUT2D eigenvalue weighted by atomic mass is 79.9. The van der Waals surface area contributed by atoms with Crippen molar-refractivity contribution >= 4 is 31.9 Å². The van der Waals surface area contributed by atoms with Crippen molar-refractivity contribution in [1.82, 2.24) is 4.31 Å². The van der Waals surface area contributed by atoms with Crippen LogP contribution in [-0.4, -0.2) is 45.0 Å². The molecule has 2 aromatic rings. The number of hydrogen-bond acceptors (Lipinski definition) is 5. The van der Waals surface area contributed by atoms with Gasteiger partial charge < -0.3 is 9.47 Å². The molecular weight excluding hydrogens is 422 g/mol. The lowest BCUT2D eigenvalue weighted by Crippen LogP contribution is -2.40. The monoisotopic (exact) mass is 439 g/mol. The van der Waals surface area contributed by atoms with E-state index < -0.39 is 16.0 Å². The Balaban J connectivity index is 1.71. The Morgan fingerprint density at radius 1 is 1.12 bits per heavy atom. The number of esters is 1. The van der Waals surface area contributed by atoms with E-state index in [-0.39, 0.29) is 17.1 Å². The largest absolute Gasteiger partial charge is 0.457 e. The topological polar surface area (TPSA) is 72.9 Å². The second-order valence-electron chi connectivity index (χ2n) is 5.75. The van der Waals surface area contributed by atoms with E-state index in [4.69, 9.17) is 9.47 Å². The maximum Gasteiger partial charge on any atom is 0.338 e. The van der Waals surface area contributed by atoms with Crippen LogP contribution in [-0.2, 0) is 26.1 Å². The minimum atomic E-state index is -3.65. The van der Waals surface area contributed by atoms with Gasteiger partial charge in [-0.25, -0.2) is 13.2 Å². The molecule has 1 aliphatic rings. The number of nitrogens with zero attached hydrogens (tertiary/aromatic N) is 1. The van der Waals surface area contributed by atoms with Crippen LogP contribution in [0.5, 0.6) is 0 Å². The minimum Gasteiger partial charge on any atom is -0.457 e. The van der Waals surface area contributed by atoms with Crippen LogP contribution < -0.4 is 0 Å². The molecule has 0 atom stereocenters. The maximum absolute atomic E-state index is 12.7. The van der Waals surface area contributed by atoms with Gasteiger partial charge in [0.05, 0.1) is 23.7 Å². The standard InChI is InChI=1S/C18H18BrNO5S/c19-16-6-4-14(5-7-16)13-25-18(21)15-2-1-3-17(12-15)26(22,23)20-8-10-24-11-9-20/h1-7,12H,8-11,13H2. The summed E-state index contributed by atoms with van der Waals surface area (Å²) in [4.78, 5) is 12.4. The predicted molar refractivity (Wildman–Crippen MR) is 99.3 cm³/mol. The summed E-state index contributed by atoms with van der Waals surface area (Å²) in [5.74, 6) is -0.563. The molecule has 1 fully saturated rings. The third kappa shape index (κ3) is 4.50. The highest BCUT2D eigenvalue weighted by molar-refractivity contribution is 9.10. The van der Waals surface area contributed by atoms with E-state index in [9.17, 15) is 13.2 Å². The normalized spacial score (nSPS) is 15.6. The van der Waals surface area contributed by atoms with E-state index in [1.54, 1.807) is 12.1 Å². The Morgan fingerprint density at radius 2 is 1.81 bits per heavy atom. The summed E-state index contributed by atoms with van der Waals surface area (Å²) >= 11 is 3.35. The molecule has 1 saturated heterocycles. The second kappa shape index (κ2) is 8.30. The van der Waals surface area contributed by atoms with Crippen molar-refractivity contribution in [2.75, 3.05) is 26.3 Å². The van der Waals surface area contributed by atoms with Crippen LogP contribution in [0.25, 0.3) is 0 Å². The lowest BCUT2D eigenvalue weighted by atomic mass is 10.2. The molecule has 0 aliphatic carbocycles. The van der Waals surface area contributed by atoms with Crippen LogP contribution in [0.15, 0.2) is 57.9 Å². The molecule has 0 saturated carbocycles. The number of carbonyl (C=O) groups excluding carboxylic acids is 1. The number of ether oxygens (including phenoxy) is 2. The average molecular weight is 440 g/mol. The number of morpholine rings is 1. The Morgan fingerprint density at radius 3 is 2.50 bits per heavy atom. The van der Waals surface area contributed by atoms with Crippen molar-refractivity contribution in [3.05, 3.63) is 64.1 Å². The average Bonchev–Trinajstić information content (AvgIpc) is 2.68. The molecule has 0 radical (unpaired) electrons. The van der Waals surface area contributed by atoms with Gasteiger partial charge in [-0.3, -0.25) is 0 Å². The van der Waals surface area contributed by atoms with Crippen molar-refractivity contribution in [2.24, 2.45) is 0 Å². The van der Waals surface area contributed by atoms with E-state index in [1.807, 2.05) is 24.3 Å². The zero-order valence-corrected chi connectivity index (χ0v) is 16.3. The molecule has 2 aromatic carbocycles. The molecule has 0 amide bonds. The molecule has 1 heterocycles. The number of carbonyl (C=O) groups is 1. The molecule has 138 valence electrons. The summed E-state index contributed by atoms with van der Waals surface area (Å²) < 4.78 is 38.2. The number of halogens is 1. The Bertz CT molecular complexity index is 877. The first-order valence-corrected chi connectivity index (χ1v) is 10.3. The van der Waals surface area contributed by atoms with Crippen LogP contribution >= 0.6 is 15.9 Å². The quantitative estimate of drug-likeness (QED) is 0.669. The molecular formula is C18H18BrNO5S. The summed E-state index contributed by atoms with van der Waals surface area (Å²) in [6.45, 7) is 1.47. The molecule has 6 nitrogen and oxygen atoms in total. The van der Waals surface area contributed by atoms with Gasteiger partial charge in [0.1, 0.15) is 6.61 Å². The van der Waals surface area contributed by atoms with Gasteiger partial charge in [0, 0.05) is 17.6 Å². The van der Waals surface area contributed by atoms with Gasteiger partial charge in [-0.05, 0) is 35.9 Å². The number of rotatable bonds is 5. The second-order valence-corrected chi connectivity index (χ2v) is 8.60. The van der Waals surface area contributed by atoms with Crippen molar-refractivity contribution in [1.29, 1.82) is 0 Å². The van der Waals surface area contributed by atoms with Gasteiger partial charge in [0.25, 0.3) is 0 Å². The van der Waals surface area contributed by atoms with Gasteiger partial charge >= 0.3 is 5.97 Å². The molecule has 1 aliphatic heterocycles. The number of hydrogen-bond donors (Lipinski definition) is 0. The van der Waals surface area contributed by atoms with Crippen LogP contribution in [0.1, 0.15) is 15.9 Å². The Labute approximate surface area is 160 Å². The fourth-order valence-electron chi connectivity index (χ4n) is 2.53. The highest BCUT2D eigenvalue weighted by Crippen LogP contribution is 2.19. The predicted octanol–water partition coefficient (Wildman–Crippen LogP) is 2.83. The highest BCUT2D eigenvalue weighted by Gasteiger charge is 2.27. The van der Waals surface area contributed by atoms with Crippen LogP contribution in [0.2, 0.25) is 0 Å². The summed E-state index contributed by atoms with van der Waals surface area (Å²) in [6, 6.07) is 13.3. The molecule has 8 heteroatoms. The fourth-order valence-corrected chi connectivity index (χ4v) is 4.25. The van der Waals surface area contributed by atoms with Crippen molar-refractivity contribution in [2.45, 2.75) is 11.5 Å². The van der Waals surface area contributed by atoms with Gasteiger partial charge in [-0.15, -0.1) is 0 Å². The zero-order valence-electron chi connectivity index (χ0n) is 13.9. The fraction of sp³-hybridized carbons (Fsp3) is 0.278. The molecule has 26 heavy (non-hydrogen) atoms. The van der Waals surface area contributed by atoms with E-state index >= 15 is 0 Å². The summed E-state index contributed by atoms with van der Waals surface area (Å²) in [6.07, 6.45) is 0. The van der Waals surface area contributed by atoms with Crippen molar-refractivity contribution in [3.8, 4) is 0 Å². The van der Waals surface area contributed by atoms with E-state index in [0.717, 1.165) is 10.0 Å².